The van der Waals surface area contributed by atoms with E-state index in [0.717, 1.165) is 12.0 Å². The van der Waals surface area contributed by atoms with Crippen LogP contribution in [0, 0.1) is 6.92 Å². The maximum Gasteiger partial charge on any atom is 0.251 e. The summed E-state index contributed by atoms with van der Waals surface area (Å²) in [5.41, 5.74) is 2.13. The highest BCUT2D eigenvalue weighted by atomic mass is 16.5. The summed E-state index contributed by atoms with van der Waals surface area (Å²) >= 11 is 0. The quantitative estimate of drug-likeness (QED) is 0.751. The Bertz CT molecular complexity index is 472. The summed E-state index contributed by atoms with van der Waals surface area (Å²) in [4.78, 5) is 23.1. The molecule has 0 saturated carbocycles. The van der Waals surface area contributed by atoms with E-state index in [1.54, 1.807) is 12.1 Å². The van der Waals surface area contributed by atoms with E-state index in [0.29, 0.717) is 31.0 Å². The van der Waals surface area contributed by atoms with Crippen molar-refractivity contribution in [2.45, 2.75) is 27.2 Å². The van der Waals surface area contributed by atoms with E-state index >= 15 is 0 Å². The average molecular weight is 278 g/mol. The van der Waals surface area contributed by atoms with Crippen LogP contribution in [-0.2, 0) is 9.53 Å². The summed E-state index contributed by atoms with van der Waals surface area (Å²) in [7, 11) is 0. The maximum absolute atomic E-state index is 12.0. The third-order valence-corrected chi connectivity index (χ3v) is 2.77. The summed E-state index contributed by atoms with van der Waals surface area (Å²) in [6, 6.07) is 5.26. The zero-order valence-electron chi connectivity index (χ0n) is 12.3. The number of aryl methyl sites for hydroxylation is 1. The summed E-state index contributed by atoms with van der Waals surface area (Å²) in [5, 5.41) is 5.54. The third-order valence-electron chi connectivity index (χ3n) is 2.77. The molecule has 0 aliphatic carbocycles. The van der Waals surface area contributed by atoms with Gasteiger partial charge in [-0.3, -0.25) is 9.59 Å². The molecule has 1 aromatic rings. The molecule has 1 rings (SSSR count). The van der Waals surface area contributed by atoms with E-state index in [-0.39, 0.29) is 11.8 Å². The molecule has 0 bridgehead atoms. The summed E-state index contributed by atoms with van der Waals surface area (Å²) < 4.78 is 5.20. The fourth-order valence-corrected chi connectivity index (χ4v) is 1.71. The van der Waals surface area contributed by atoms with E-state index < -0.39 is 0 Å². The Labute approximate surface area is 119 Å². The van der Waals surface area contributed by atoms with Crippen LogP contribution >= 0.6 is 0 Å². The molecule has 20 heavy (non-hydrogen) atoms. The molecule has 1 aromatic carbocycles. The lowest BCUT2D eigenvalue weighted by atomic mass is 10.1. The number of carbonyl (C=O) groups excluding carboxylic acids is 2. The summed E-state index contributed by atoms with van der Waals surface area (Å²) in [5.74, 6) is -0.296. The normalized spacial score (nSPS) is 10.2. The zero-order valence-corrected chi connectivity index (χ0v) is 12.3. The van der Waals surface area contributed by atoms with Crippen LogP contribution in [0.3, 0.4) is 0 Å². The van der Waals surface area contributed by atoms with Gasteiger partial charge in [0.15, 0.2) is 0 Å². The Morgan fingerprint density at radius 2 is 2.05 bits per heavy atom. The lowest BCUT2D eigenvalue weighted by molar-refractivity contribution is -0.114. The van der Waals surface area contributed by atoms with Crippen molar-refractivity contribution in [3.63, 3.8) is 0 Å². The fourth-order valence-electron chi connectivity index (χ4n) is 1.71. The minimum atomic E-state index is -0.151. The number of hydrogen-bond acceptors (Lipinski definition) is 3. The van der Waals surface area contributed by atoms with Crippen molar-refractivity contribution >= 4 is 17.5 Å². The molecular formula is C15H22N2O3. The average Bonchev–Trinajstić information content (AvgIpc) is 2.40. The van der Waals surface area contributed by atoms with Gasteiger partial charge in [0.2, 0.25) is 5.91 Å². The third kappa shape index (κ3) is 5.40. The highest BCUT2D eigenvalue weighted by Crippen LogP contribution is 2.16. The van der Waals surface area contributed by atoms with E-state index in [2.05, 4.69) is 10.6 Å². The predicted molar refractivity (Wildman–Crippen MR) is 78.9 cm³/mol. The molecule has 2 amide bonds. The number of carbonyl (C=O) groups is 2. The smallest absolute Gasteiger partial charge is 0.251 e. The molecule has 2 N–H and O–H groups in total. The molecule has 5 nitrogen and oxygen atoms in total. The molecule has 0 fully saturated rings. The first-order valence-electron chi connectivity index (χ1n) is 6.78. The van der Waals surface area contributed by atoms with Crippen molar-refractivity contribution in [3.8, 4) is 0 Å². The van der Waals surface area contributed by atoms with E-state index in [9.17, 15) is 9.59 Å². The molecule has 0 spiro atoms. The highest BCUT2D eigenvalue weighted by Gasteiger charge is 2.08. The first-order chi connectivity index (χ1) is 9.54. The molecule has 0 unspecified atom stereocenters. The minimum Gasteiger partial charge on any atom is -0.382 e. The first-order valence-corrected chi connectivity index (χ1v) is 6.78. The summed E-state index contributed by atoms with van der Waals surface area (Å²) in [6.07, 6.45) is 0.782. The Balaban J connectivity index is 2.57. The molecule has 110 valence electrons. The van der Waals surface area contributed by atoms with Crippen LogP contribution < -0.4 is 10.6 Å². The van der Waals surface area contributed by atoms with E-state index in [1.807, 2.05) is 19.9 Å². The molecule has 0 saturated heterocycles. The van der Waals surface area contributed by atoms with Gasteiger partial charge < -0.3 is 15.4 Å². The van der Waals surface area contributed by atoms with Gasteiger partial charge in [0, 0.05) is 37.9 Å². The molecule has 0 radical (unpaired) electrons. The Hall–Kier alpha value is -1.88. The van der Waals surface area contributed by atoms with Crippen molar-refractivity contribution in [1.82, 2.24) is 5.32 Å². The number of amides is 2. The topological polar surface area (TPSA) is 67.4 Å². The molecular weight excluding hydrogens is 256 g/mol. The van der Waals surface area contributed by atoms with Gasteiger partial charge in [-0.15, -0.1) is 0 Å². The van der Waals surface area contributed by atoms with Gasteiger partial charge >= 0.3 is 0 Å². The minimum absolute atomic E-state index is 0.145. The first kappa shape index (κ1) is 16.2. The van der Waals surface area contributed by atoms with Gasteiger partial charge in [0.1, 0.15) is 0 Å². The lowest BCUT2D eigenvalue weighted by Gasteiger charge is -2.10. The number of nitrogens with one attached hydrogen (secondary N) is 2. The maximum atomic E-state index is 12.0. The van der Waals surface area contributed by atoms with Crippen molar-refractivity contribution in [2.75, 3.05) is 25.1 Å². The number of ether oxygens (including phenoxy) is 1. The van der Waals surface area contributed by atoms with Gasteiger partial charge in [-0.05, 0) is 38.0 Å². The van der Waals surface area contributed by atoms with E-state index in [1.165, 1.54) is 6.92 Å². The lowest BCUT2D eigenvalue weighted by Crippen LogP contribution is -2.25. The van der Waals surface area contributed by atoms with Crippen LogP contribution in [0.5, 0.6) is 0 Å². The SMILES string of the molecule is CCOCCCNC(=O)c1ccc(C)c(NC(C)=O)c1. The van der Waals surface area contributed by atoms with Crippen LogP contribution in [-0.4, -0.2) is 31.6 Å². The van der Waals surface area contributed by atoms with Gasteiger partial charge in [0.25, 0.3) is 5.91 Å². The monoisotopic (exact) mass is 278 g/mol. The van der Waals surface area contributed by atoms with Gasteiger partial charge in [-0.1, -0.05) is 6.07 Å². The molecule has 0 aromatic heterocycles. The van der Waals surface area contributed by atoms with Crippen molar-refractivity contribution in [1.29, 1.82) is 0 Å². The number of benzene rings is 1. The second-order valence-corrected chi connectivity index (χ2v) is 4.52. The van der Waals surface area contributed by atoms with Gasteiger partial charge in [0.05, 0.1) is 0 Å². The van der Waals surface area contributed by atoms with Gasteiger partial charge in [-0.2, -0.15) is 0 Å². The largest absolute Gasteiger partial charge is 0.382 e. The van der Waals surface area contributed by atoms with E-state index in [4.69, 9.17) is 4.74 Å². The standard InChI is InChI=1S/C15H22N2O3/c1-4-20-9-5-8-16-15(19)13-7-6-11(2)14(10-13)17-12(3)18/h6-7,10H,4-5,8-9H2,1-3H3,(H,16,19)(H,17,18). The zero-order chi connectivity index (χ0) is 15.0. The van der Waals surface area contributed by atoms with Crippen LogP contribution in [0.4, 0.5) is 5.69 Å². The molecule has 0 aliphatic heterocycles. The molecule has 0 atom stereocenters. The van der Waals surface area contributed by atoms with Crippen molar-refractivity contribution < 1.29 is 14.3 Å². The molecule has 5 heteroatoms. The van der Waals surface area contributed by atoms with Crippen LogP contribution in [0.15, 0.2) is 18.2 Å². The Morgan fingerprint density at radius 1 is 1.30 bits per heavy atom. The van der Waals surface area contributed by atoms with Gasteiger partial charge in [-0.25, -0.2) is 0 Å². The predicted octanol–water partition coefficient (Wildman–Crippen LogP) is 2.11. The Kier molecular flexibility index (Phi) is 6.73. The second kappa shape index (κ2) is 8.32. The van der Waals surface area contributed by atoms with Crippen LogP contribution in [0.1, 0.15) is 36.2 Å². The molecule has 0 heterocycles. The van der Waals surface area contributed by atoms with Crippen molar-refractivity contribution in [2.24, 2.45) is 0 Å². The number of hydrogen-bond donors (Lipinski definition) is 2. The summed E-state index contributed by atoms with van der Waals surface area (Å²) in [6.45, 7) is 7.17. The second-order valence-electron chi connectivity index (χ2n) is 4.52. The molecule has 0 aliphatic rings. The Morgan fingerprint density at radius 3 is 2.70 bits per heavy atom. The van der Waals surface area contributed by atoms with Crippen LogP contribution in [0.25, 0.3) is 0 Å². The van der Waals surface area contributed by atoms with Crippen LogP contribution in [0.2, 0.25) is 0 Å². The van der Waals surface area contributed by atoms with Crippen molar-refractivity contribution in [3.05, 3.63) is 29.3 Å². The number of anilines is 1. The number of rotatable bonds is 7. The highest BCUT2D eigenvalue weighted by molar-refractivity contribution is 5.97. The fraction of sp³-hybridized carbons (Fsp3) is 0.467.